The third-order valence-electron chi connectivity index (χ3n) is 6.92. The molecule has 0 bridgehead atoms. The molecule has 2 aromatic carbocycles. The largest absolute Gasteiger partial charge is 0.496 e. The van der Waals surface area contributed by atoms with E-state index in [4.69, 9.17) is 9.47 Å². The molecule has 0 aliphatic carbocycles. The Morgan fingerprint density at radius 3 is 2.27 bits per heavy atom. The number of benzene rings is 2. The van der Waals surface area contributed by atoms with E-state index >= 15 is 0 Å². The molecule has 0 amide bonds. The van der Waals surface area contributed by atoms with E-state index in [0.29, 0.717) is 24.6 Å². The summed E-state index contributed by atoms with van der Waals surface area (Å²) in [6.07, 6.45) is -9.83. The Balaban J connectivity index is 1.90. The van der Waals surface area contributed by atoms with Gasteiger partial charge in [0.1, 0.15) is 11.4 Å². The molecule has 0 aliphatic rings. The average Bonchev–Trinajstić information content (AvgIpc) is 3.23. The van der Waals surface area contributed by atoms with Gasteiger partial charge in [-0.25, -0.2) is 9.78 Å². The minimum atomic E-state index is -5.66. The van der Waals surface area contributed by atoms with Crippen LogP contribution in [-0.2, 0) is 7.05 Å². The van der Waals surface area contributed by atoms with Crippen LogP contribution < -0.4 is 14.4 Å². The van der Waals surface area contributed by atoms with Crippen LogP contribution in [0.1, 0.15) is 22.0 Å². The monoisotopic (exact) mass is 625 g/mol. The number of rotatable bonds is 10. The molecule has 4 rings (SSSR count). The SMILES string of the molecule is COc1ccc(C(C(F)(F)F)C(F)(F)F)cc1-c1c(C(=O)O)n(C)c2c(Oc3ccnc(N(C)CCN(C)C)n3)cccc12. The Morgan fingerprint density at radius 1 is 1.00 bits per heavy atom. The first-order chi connectivity index (χ1) is 20.5. The molecule has 0 atom stereocenters. The predicted molar refractivity (Wildman–Crippen MR) is 151 cm³/mol. The van der Waals surface area contributed by atoms with Crippen LogP contribution >= 0.6 is 0 Å². The van der Waals surface area contributed by atoms with E-state index in [0.717, 1.165) is 12.6 Å². The smallest absolute Gasteiger partial charge is 0.404 e. The highest BCUT2D eigenvalue weighted by Crippen LogP contribution is 2.49. The number of methoxy groups -OCH3 is 1. The molecule has 2 heterocycles. The number of aromatic carboxylic acids is 1. The molecular formula is C29H29F6N5O4. The second-order valence-electron chi connectivity index (χ2n) is 10.2. The highest BCUT2D eigenvalue weighted by Gasteiger charge is 2.57. The van der Waals surface area contributed by atoms with Gasteiger partial charge in [-0.15, -0.1) is 0 Å². The molecule has 2 aromatic heterocycles. The van der Waals surface area contributed by atoms with E-state index in [2.05, 4.69) is 9.97 Å². The summed E-state index contributed by atoms with van der Waals surface area (Å²) >= 11 is 0. The first kappa shape index (κ1) is 32.4. The van der Waals surface area contributed by atoms with Crippen molar-refractivity contribution in [3.8, 4) is 28.5 Å². The number of aryl methyl sites for hydroxylation is 1. The zero-order chi connectivity index (χ0) is 32.6. The van der Waals surface area contributed by atoms with Crippen LogP contribution in [0.5, 0.6) is 17.4 Å². The summed E-state index contributed by atoms with van der Waals surface area (Å²) < 4.78 is 94.3. The minimum Gasteiger partial charge on any atom is -0.496 e. The predicted octanol–water partition coefficient (Wildman–Crippen LogP) is 6.34. The molecule has 236 valence electrons. The number of hydrogen-bond acceptors (Lipinski definition) is 7. The lowest BCUT2D eigenvalue weighted by atomic mass is 9.92. The first-order valence-electron chi connectivity index (χ1n) is 13.1. The van der Waals surface area contributed by atoms with Crippen molar-refractivity contribution >= 4 is 22.8 Å². The van der Waals surface area contributed by atoms with Crippen molar-refractivity contribution in [3.05, 3.63) is 59.9 Å². The van der Waals surface area contributed by atoms with Gasteiger partial charge in [0.05, 0.1) is 12.6 Å². The number of carboxylic acids is 1. The van der Waals surface area contributed by atoms with Crippen molar-refractivity contribution in [2.45, 2.75) is 18.3 Å². The molecule has 1 N–H and O–H groups in total. The van der Waals surface area contributed by atoms with Crippen molar-refractivity contribution in [1.82, 2.24) is 19.4 Å². The molecule has 0 unspecified atom stereocenters. The number of para-hydroxylation sites is 1. The standard InChI is InChI=1S/C29H29F6N5O4/c1-38(2)13-14-39(3)27-36-12-11-21(37-27)44-20-8-6-7-17-22(24(26(41)42)40(4)23(17)20)18-15-16(9-10-19(18)43-5)25(28(30,31)32)29(33,34)35/h6-12,15,25H,13-14H2,1-5H3,(H,41,42). The zero-order valence-corrected chi connectivity index (χ0v) is 24.3. The molecule has 15 heteroatoms. The lowest BCUT2D eigenvalue weighted by molar-refractivity contribution is -0.253. The maximum absolute atomic E-state index is 13.6. The van der Waals surface area contributed by atoms with E-state index in [-0.39, 0.29) is 39.4 Å². The zero-order valence-electron chi connectivity index (χ0n) is 24.3. The Morgan fingerprint density at radius 2 is 1.68 bits per heavy atom. The van der Waals surface area contributed by atoms with Gasteiger partial charge in [0, 0.05) is 56.0 Å². The highest BCUT2D eigenvalue weighted by molar-refractivity contribution is 6.10. The summed E-state index contributed by atoms with van der Waals surface area (Å²) in [5.74, 6) is -4.79. The summed E-state index contributed by atoms with van der Waals surface area (Å²) in [6.45, 7) is 1.34. The Bertz CT molecular complexity index is 1650. The maximum Gasteiger partial charge on any atom is 0.404 e. The molecule has 44 heavy (non-hydrogen) atoms. The number of aromatic nitrogens is 3. The summed E-state index contributed by atoms with van der Waals surface area (Å²) in [5, 5.41) is 10.4. The van der Waals surface area contributed by atoms with E-state index in [1.165, 1.54) is 49.2 Å². The third kappa shape index (κ3) is 6.51. The number of fused-ring (bicyclic) bond motifs is 1. The summed E-state index contributed by atoms with van der Waals surface area (Å²) in [4.78, 5) is 25.0. The van der Waals surface area contributed by atoms with Gasteiger partial charge in [0.25, 0.3) is 0 Å². The van der Waals surface area contributed by atoms with Crippen LogP contribution in [0.2, 0.25) is 0 Å². The van der Waals surface area contributed by atoms with Crippen LogP contribution in [0.15, 0.2) is 48.7 Å². The van der Waals surface area contributed by atoms with Gasteiger partial charge in [-0.3, -0.25) is 0 Å². The lowest BCUT2D eigenvalue weighted by Gasteiger charge is -2.24. The third-order valence-corrected chi connectivity index (χ3v) is 6.92. The van der Waals surface area contributed by atoms with Crippen molar-refractivity contribution in [2.24, 2.45) is 7.05 Å². The number of nitrogens with zero attached hydrogens (tertiary/aromatic N) is 5. The second-order valence-corrected chi connectivity index (χ2v) is 10.2. The summed E-state index contributed by atoms with van der Waals surface area (Å²) in [7, 11) is 8.21. The van der Waals surface area contributed by atoms with Crippen LogP contribution in [0.25, 0.3) is 22.0 Å². The maximum atomic E-state index is 13.6. The summed E-state index contributed by atoms with van der Waals surface area (Å²) in [6, 6.07) is 8.31. The van der Waals surface area contributed by atoms with Crippen LogP contribution in [0.4, 0.5) is 32.3 Å². The first-order valence-corrected chi connectivity index (χ1v) is 13.1. The quantitative estimate of drug-likeness (QED) is 0.204. The normalized spacial score (nSPS) is 12.3. The van der Waals surface area contributed by atoms with Gasteiger partial charge in [-0.2, -0.15) is 31.3 Å². The van der Waals surface area contributed by atoms with E-state index < -0.39 is 35.5 Å². The van der Waals surface area contributed by atoms with Crippen molar-refractivity contribution in [3.63, 3.8) is 0 Å². The van der Waals surface area contributed by atoms with Crippen LogP contribution in [0, 0.1) is 0 Å². The summed E-state index contributed by atoms with van der Waals surface area (Å²) in [5.41, 5.74) is -1.73. The molecular weight excluding hydrogens is 596 g/mol. The fraction of sp³-hybridized carbons (Fsp3) is 0.345. The molecule has 4 aromatic rings. The number of ether oxygens (including phenoxy) is 2. The molecule has 0 saturated carbocycles. The molecule has 0 spiro atoms. The molecule has 0 radical (unpaired) electrons. The number of halogens is 6. The lowest BCUT2D eigenvalue weighted by Crippen LogP contribution is -2.34. The fourth-order valence-corrected chi connectivity index (χ4v) is 4.88. The van der Waals surface area contributed by atoms with Gasteiger partial charge in [0.2, 0.25) is 11.8 Å². The molecule has 0 saturated heterocycles. The van der Waals surface area contributed by atoms with Crippen LogP contribution in [-0.4, -0.2) is 84.2 Å². The van der Waals surface area contributed by atoms with E-state index in [1.807, 2.05) is 23.9 Å². The highest BCUT2D eigenvalue weighted by atomic mass is 19.4. The van der Waals surface area contributed by atoms with Crippen LogP contribution in [0.3, 0.4) is 0 Å². The van der Waals surface area contributed by atoms with Crippen molar-refractivity contribution < 1.29 is 45.7 Å². The Hall–Kier alpha value is -4.53. The average molecular weight is 626 g/mol. The van der Waals surface area contributed by atoms with E-state index in [1.54, 1.807) is 7.05 Å². The second kappa shape index (κ2) is 12.2. The number of likely N-dealkylation sites (N-methyl/N-ethyl adjacent to an activating group) is 2. The van der Waals surface area contributed by atoms with E-state index in [9.17, 15) is 36.2 Å². The number of anilines is 1. The number of hydrogen-bond donors (Lipinski definition) is 1. The fourth-order valence-electron chi connectivity index (χ4n) is 4.88. The van der Waals surface area contributed by atoms with Gasteiger partial charge < -0.3 is 28.9 Å². The number of carboxylic acid groups (broad SMARTS) is 1. The van der Waals surface area contributed by atoms with Gasteiger partial charge in [0.15, 0.2) is 11.7 Å². The Labute approximate surface area is 248 Å². The molecule has 0 aliphatic heterocycles. The number of alkyl halides is 6. The molecule has 0 fully saturated rings. The minimum absolute atomic E-state index is 0.122. The number of carbonyl (C=O) groups is 1. The Kier molecular flexibility index (Phi) is 9.00. The van der Waals surface area contributed by atoms with Crippen molar-refractivity contribution in [1.29, 1.82) is 0 Å². The van der Waals surface area contributed by atoms with Gasteiger partial charge in [-0.1, -0.05) is 18.2 Å². The topological polar surface area (TPSA) is 92.9 Å². The van der Waals surface area contributed by atoms with Gasteiger partial charge in [-0.05, 0) is 37.9 Å². The molecule has 9 nitrogen and oxygen atoms in total. The van der Waals surface area contributed by atoms with Crippen molar-refractivity contribution in [2.75, 3.05) is 46.2 Å². The van der Waals surface area contributed by atoms with Gasteiger partial charge >= 0.3 is 18.3 Å².